The minimum absolute atomic E-state index is 0.00470. The Labute approximate surface area is 212 Å². The number of likely N-dealkylation sites (N-methyl/N-ethyl adjacent to an activating group) is 1. The number of nitrogens with one attached hydrogen (secondary N) is 1. The molecule has 1 aliphatic heterocycles. The molecule has 0 radical (unpaired) electrons. The number of hydrogen-bond acceptors (Lipinski definition) is 6. The van der Waals surface area contributed by atoms with Crippen molar-refractivity contribution in [3.05, 3.63) is 77.1 Å². The predicted molar refractivity (Wildman–Crippen MR) is 142 cm³/mol. The standard InChI is InChI=1S/C27H35N7O2/c1-20(22-11-8-12-23(19-22)24(35)21-9-6-5-7-10-21)25-29-27(33(4)31-25)30-26(28-13-14-32(2)3)34-15-17-36-18-16-34/h5-12,19-20H,13-18H2,1-4H3,(H,28,29,30,31). The van der Waals surface area contributed by atoms with Crippen LogP contribution in [0.2, 0.25) is 0 Å². The number of carbonyl (C=O) groups excluding carboxylic acids is 1. The molecule has 1 unspecified atom stereocenters. The second kappa shape index (κ2) is 11.9. The van der Waals surface area contributed by atoms with E-state index in [1.165, 1.54) is 0 Å². The van der Waals surface area contributed by atoms with Crippen LogP contribution in [0.25, 0.3) is 0 Å². The van der Waals surface area contributed by atoms with Crippen molar-refractivity contribution in [2.75, 3.05) is 58.8 Å². The Bertz CT molecular complexity index is 1180. The quantitative estimate of drug-likeness (QED) is 0.296. The number of benzene rings is 2. The number of guanidine groups is 1. The average Bonchev–Trinajstić information content (AvgIpc) is 3.28. The van der Waals surface area contributed by atoms with Gasteiger partial charge in [-0.25, -0.2) is 4.68 Å². The number of carbonyl (C=O) groups is 1. The Kier molecular flexibility index (Phi) is 8.45. The van der Waals surface area contributed by atoms with Crippen molar-refractivity contribution in [2.24, 2.45) is 12.0 Å². The maximum absolute atomic E-state index is 12.9. The molecule has 9 heteroatoms. The highest BCUT2D eigenvalue weighted by molar-refractivity contribution is 6.09. The molecule has 1 atom stereocenters. The minimum atomic E-state index is -0.0900. The van der Waals surface area contributed by atoms with Crippen LogP contribution >= 0.6 is 0 Å². The molecule has 190 valence electrons. The third kappa shape index (κ3) is 6.35. The Balaban J connectivity index is 1.53. The van der Waals surface area contributed by atoms with Gasteiger partial charge in [-0.2, -0.15) is 10.1 Å². The van der Waals surface area contributed by atoms with Crippen LogP contribution in [-0.2, 0) is 11.8 Å². The molecule has 1 N–H and O–H groups in total. The van der Waals surface area contributed by atoms with Crippen LogP contribution in [0.3, 0.4) is 0 Å². The molecule has 0 spiro atoms. The van der Waals surface area contributed by atoms with Gasteiger partial charge in [-0.15, -0.1) is 0 Å². The van der Waals surface area contributed by atoms with E-state index in [2.05, 4.69) is 27.1 Å². The molecular formula is C27H35N7O2. The summed E-state index contributed by atoms with van der Waals surface area (Å²) < 4.78 is 7.26. The maximum Gasteiger partial charge on any atom is 0.227 e. The molecule has 1 fully saturated rings. The number of ether oxygens (including phenoxy) is 1. The summed E-state index contributed by atoms with van der Waals surface area (Å²) in [5, 5.41) is 8.08. The zero-order valence-corrected chi connectivity index (χ0v) is 21.5. The lowest BCUT2D eigenvalue weighted by molar-refractivity contribution is 0.0678. The molecule has 1 saturated heterocycles. The Morgan fingerprint density at radius 2 is 1.83 bits per heavy atom. The van der Waals surface area contributed by atoms with Crippen molar-refractivity contribution in [1.82, 2.24) is 24.6 Å². The van der Waals surface area contributed by atoms with Crippen LogP contribution in [-0.4, -0.2) is 89.8 Å². The van der Waals surface area contributed by atoms with Gasteiger partial charge in [0, 0.05) is 43.7 Å². The number of anilines is 1. The number of rotatable bonds is 8. The third-order valence-corrected chi connectivity index (χ3v) is 6.19. The van der Waals surface area contributed by atoms with Crippen LogP contribution in [0.4, 0.5) is 5.95 Å². The van der Waals surface area contributed by atoms with Crippen LogP contribution < -0.4 is 5.32 Å². The highest BCUT2D eigenvalue weighted by Gasteiger charge is 2.21. The van der Waals surface area contributed by atoms with Crippen molar-refractivity contribution < 1.29 is 9.53 Å². The summed E-state index contributed by atoms with van der Waals surface area (Å²) >= 11 is 0. The first-order valence-electron chi connectivity index (χ1n) is 12.3. The fourth-order valence-corrected chi connectivity index (χ4v) is 4.00. The van der Waals surface area contributed by atoms with Crippen LogP contribution in [0.5, 0.6) is 0 Å². The van der Waals surface area contributed by atoms with Crippen molar-refractivity contribution in [1.29, 1.82) is 0 Å². The van der Waals surface area contributed by atoms with Crippen molar-refractivity contribution in [3.63, 3.8) is 0 Å². The van der Waals surface area contributed by atoms with Gasteiger partial charge in [0.25, 0.3) is 0 Å². The molecule has 2 aromatic carbocycles. The zero-order valence-electron chi connectivity index (χ0n) is 21.5. The molecule has 3 aromatic rings. The molecule has 0 amide bonds. The molecule has 9 nitrogen and oxygen atoms in total. The molecule has 36 heavy (non-hydrogen) atoms. The lowest BCUT2D eigenvalue weighted by atomic mass is 9.95. The lowest BCUT2D eigenvalue weighted by Crippen LogP contribution is -2.44. The summed E-state index contributed by atoms with van der Waals surface area (Å²) in [5.41, 5.74) is 2.32. The van der Waals surface area contributed by atoms with Crippen LogP contribution in [0.1, 0.15) is 40.2 Å². The first-order valence-corrected chi connectivity index (χ1v) is 12.3. The summed E-state index contributed by atoms with van der Waals surface area (Å²) in [7, 11) is 5.95. The van der Waals surface area contributed by atoms with Gasteiger partial charge in [-0.05, 0) is 25.7 Å². The summed E-state index contributed by atoms with van der Waals surface area (Å²) in [6.45, 7) is 6.49. The lowest BCUT2D eigenvalue weighted by Gasteiger charge is -2.30. The predicted octanol–water partition coefficient (Wildman–Crippen LogP) is 2.86. The number of morpholine rings is 1. The van der Waals surface area contributed by atoms with Gasteiger partial charge < -0.3 is 14.5 Å². The molecule has 0 bridgehead atoms. The largest absolute Gasteiger partial charge is 0.378 e. The van der Waals surface area contributed by atoms with E-state index in [4.69, 9.17) is 14.7 Å². The molecule has 0 saturated carbocycles. The van der Waals surface area contributed by atoms with Gasteiger partial charge in [-0.1, -0.05) is 55.5 Å². The minimum Gasteiger partial charge on any atom is -0.378 e. The van der Waals surface area contributed by atoms with E-state index >= 15 is 0 Å². The van der Waals surface area contributed by atoms with E-state index in [-0.39, 0.29) is 11.7 Å². The molecule has 4 rings (SSSR count). The van der Waals surface area contributed by atoms with Gasteiger partial charge in [0.15, 0.2) is 11.6 Å². The maximum atomic E-state index is 12.9. The highest BCUT2D eigenvalue weighted by atomic mass is 16.5. The van der Waals surface area contributed by atoms with Crippen molar-refractivity contribution >= 4 is 17.7 Å². The Hall–Kier alpha value is -3.56. The number of hydrogen-bond donors (Lipinski definition) is 1. The summed E-state index contributed by atoms with van der Waals surface area (Å²) in [6, 6.07) is 17.0. The van der Waals surface area contributed by atoms with E-state index in [0.717, 1.165) is 31.2 Å². The topological polar surface area (TPSA) is 87.9 Å². The average molecular weight is 490 g/mol. The molecule has 1 aromatic heterocycles. The highest BCUT2D eigenvalue weighted by Crippen LogP contribution is 2.24. The zero-order chi connectivity index (χ0) is 25.5. The molecule has 2 heterocycles. The monoisotopic (exact) mass is 489 g/mol. The summed E-state index contributed by atoms with van der Waals surface area (Å²) in [6.07, 6.45) is 0. The molecular weight excluding hydrogens is 454 g/mol. The smallest absolute Gasteiger partial charge is 0.227 e. The van der Waals surface area contributed by atoms with Gasteiger partial charge in [0.2, 0.25) is 11.9 Å². The second-order valence-corrected chi connectivity index (χ2v) is 9.19. The molecule has 0 aliphatic carbocycles. The first kappa shape index (κ1) is 25.5. The van der Waals surface area contributed by atoms with E-state index in [1.807, 2.05) is 75.7 Å². The first-order chi connectivity index (χ1) is 17.4. The van der Waals surface area contributed by atoms with E-state index in [0.29, 0.717) is 42.7 Å². The van der Waals surface area contributed by atoms with E-state index < -0.39 is 0 Å². The van der Waals surface area contributed by atoms with Crippen molar-refractivity contribution in [3.8, 4) is 0 Å². The van der Waals surface area contributed by atoms with Gasteiger partial charge in [-0.3, -0.25) is 15.1 Å². The molecule has 1 aliphatic rings. The fourth-order valence-electron chi connectivity index (χ4n) is 4.00. The third-order valence-electron chi connectivity index (χ3n) is 6.19. The fraction of sp³-hybridized carbons (Fsp3) is 0.407. The Morgan fingerprint density at radius 3 is 2.56 bits per heavy atom. The van der Waals surface area contributed by atoms with Gasteiger partial charge in [0.05, 0.1) is 19.8 Å². The Morgan fingerprint density at radius 1 is 1.11 bits per heavy atom. The van der Waals surface area contributed by atoms with Crippen LogP contribution in [0, 0.1) is 0 Å². The van der Waals surface area contributed by atoms with Gasteiger partial charge in [0.1, 0.15) is 0 Å². The van der Waals surface area contributed by atoms with E-state index in [9.17, 15) is 4.79 Å². The SMILES string of the molecule is CC(c1cccc(C(=O)c2ccccc2)c1)c1nc(NC(=NCCN(C)C)N2CCOCC2)n(C)n1. The number of aliphatic imine (C=N–C) groups is 1. The van der Waals surface area contributed by atoms with E-state index in [1.54, 1.807) is 4.68 Å². The summed E-state index contributed by atoms with van der Waals surface area (Å²) in [4.78, 5) is 26.9. The van der Waals surface area contributed by atoms with Crippen molar-refractivity contribution in [2.45, 2.75) is 12.8 Å². The number of ketones is 1. The normalized spacial score (nSPS) is 15.2. The van der Waals surface area contributed by atoms with Gasteiger partial charge >= 0.3 is 0 Å². The van der Waals surface area contributed by atoms with Crippen LogP contribution in [0.15, 0.2) is 59.6 Å². The number of aryl methyl sites for hydroxylation is 1. The second-order valence-electron chi connectivity index (χ2n) is 9.19. The number of aromatic nitrogens is 3. The summed E-state index contributed by atoms with van der Waals surface area (Å²) in [5.74, 6) is 2.01. The number of nitrogens with zero attached hydrogens (tertiary/aromatic N) is 6.